The number of nitrogens with zero attached hydrogens (tertiary/aromatic N) is 4. The summed E-state index contributed by atoms with van der Waals surface area (Å²) in [6.07, 6.45) is 8.43. The van der Waals surface area contributed by atoms with Crippen molar-refractivity contribution in [2.45, 2.75) is 18.9 Å². The number of rotatable bonds is 3. The summed E-state index contributed by atoms with van der Waals surface area (Å²) in [5, 5.41) is 4.23. The lowest BCUT2D eigenvalue weighted by Gasteiger charge is -2.35. The summed E-state index contributed by atoms with van der Waals surface area (Å²) in [6.45, 7) is 1.76. The van der Waals surface area contributed by atoms with Crippen LogP contribution in [0.25, 0.3) is 10.9 Å². The molecule has 2 aromatic heterocycles. The highest BCUT2D eigenvalue weighted by Crippen LogP contribution is 2.27. The quantitative estimate of drug-likeness (QED) is 0.797. The van der Waals surface area contributed by atoms with Gasteiger partial charge in [0.25, 0.3) is 5.91 Å². The van der Waals surface area contributed by atoms with Gasteiger partial charge in [0.2, 0.25) is 0 Å². The summed E-state index contributed by atoms with van der Waals surface area (Å²) in [5.41, 5.74) is 2.52. The van der Waals surface area contributed by atoms with E-state index in [4.69, 9.17) is 0 Å². The van der Waals surface area contributed by atoms with Crippen LogP contribution in [0.5, 0.6) is 0 Å². The van der Waals surface area contributed by atoms with Gasteiger partial charge >= 0.3 is 0 Å². The largest absolute Gasteiger partial charge is 0.369 e. The van der Waals surface area contributed by atoms with Crippen LogP contribution in [0.2, 0.25) is 0 Å². The molecule has 1 fully saturated rings. The molecule has 1 saturated heterocycles. The van der Waals surface area contributed by atoms with E-state index in [-0.39, 0.29) is 11.9 Å². The zero-order valence-corrected chi connectivity index (χ0v) is 13.8. The number of anilines is 1. The zero-order valence-electron chi connectivity index (χ0n) is 13.8. The summed E-state index contributed by atoms with van der Waals surface area (Å²) in [5.74, 6) is -0.167. The Labute approximate surface area is 145 Å². The van der Waals surface area contributed by atoms with Crippen molar-refractivity contribution in [2.24, 2.45) is 0 Å². The molecule has 1 aromatic carbocycles. The lowest BCUT2D eigenvalue weighted by Crippen LogP contribution is -2.48. The highest BCUT2D eigenvalue weighted by Gasteiger charge is 2.23. The maximum atomic E-state index is 12.3. The summed E-state index contributed by atoms with van der Waals surface area (Å²) in [6, 6.07) is 10.3. The number of aromatic nitrogens is 3. The Morgan fingerprint density at radius 3 is 2.92 bits per heavy atom. The number of hydrogen-bond acceptors (Lipinski definition) is 5. The molecule has 0 radical (unpaired) electrons. The van der Waals surface area contributed by atoms with Crippen molar-refractivity contribution >= 4 is 22.5 Å². The van der Waals surface area contributed by atoms with Gasteiger partial charge in [0, 0.05) is 48.8 Å². The van der Waals surface area contributed by atoms with E-state index in [1.807, 2.05) is 24.4 Å². The Bertz CT molecular complexity index is 878. The predicted octanol–water partition coefficient (Wildman–Crippen LogP) is 2.42. The van der Waals surface area contributed by atoms with E-state index < -0.39 is 0 Å². The van der Waals surface area contributed by atoms with Crippen molar-refractivity contribution in [3.63, 3.8) is 0 Å². The number of piperidine rings is 1. The second-order valence-electron chi connectivity index (χ2n) is 6.20. The van der Waals surface area contributed by atoms with Gasteiger partial charge < -0.3 is 10.2 Å². The smallest absolute Gasteiger partial charge is 0.271 e. The number of para-hydroxylation sites is 1. The Morgan fingerprint density at radius 1 is 1.12 bits per heavy atom. The third-order valence-electron chi connectivity index (χ3n) is 4.52. The monoisotopic (exact) mass is 333 g/mol. The fourth-order valence-corrected chi connectivity index (χ4v) is 3.35. The minimum absolute atomic E-state index is 0.0928. The van der Waals surface area contributed by atoms with Crippen molar-refractivity contribution in [2.75, 3.05) is 18.0 Å². The van der Waals surface area contributed by atoms with Gasteiger partial charge in [-0.15, -0.1) is 0 Å². The van der Waals surface area contributed by atoms with Gasteiger partial charge in [-0.25, -0.2) is 4.98 Å². The lowest BCUT2D eigenvalue weighted by atomic mass is 10.0. The van der Waals surface area contributed by atoms with Crippen LogP contribution in [0.3, 0.4) is 0 Å². The predicted molar refractivity (Wildman–Crippen MR) is 96.5 cm³/mol. The van der Waals surface area contributed by atoms with Crippen molar-refractivity contribution in [3.8, 4) is 0 Å². The molecule has 6 nitrogen and oxygen atoms in total. The molecule has 126 valence electrons. The van der Waals surface area contributed by atoms with Gasteiger partial charge in [0.05, 0.1) is 11.7 Å². The molecule has 1 aliphatic rings. The Balaban J connectivity index is 1.52. The summed E-state index contributed by atoms with van der Waals surface area (Å²) >= 11 is 0. The number of pyridine rings is 1. The number of fused-ring (bicyclic) bond motifs is 1. The topological polar surface area (TPSA) is 71.0 Å². The first kappa shape index (κ1) is 15.5. The van der Waals surface area contributed by atoms with Gasteiger partial charge in [-0.05, 0) is 25.0 Å². The van der Waals surface area contributed by atoms with Crippen molar-refractivity contribution in [3.05, 3.63) is 60.8 Å². The van der Waals surface area contributed by atoms with E-state index >= 15 is 0 Å². The Hall–Kier alpha value is -3.02. The highest BCUT2D eigenvalue weighted by molar-refractivity contribution is 5.93. The van der Waals surface area contributed by atoms with Crippen LogP contribution in [-0.2, 0) is 0 Å². The van der Waals surface area contributed by atoms with Gasteiger partial charge in [0.15, 0.2) is 0 Å². The maximum absolute atomic E-state index is 12.3. The molecule has 1 N–H and O–H groups in total. The lowest BCUT2D eigenvalue weighted by molar-refractivity contribution is 0.0927. The first-order chi connectivity index (χ1) is 12.3. The minimum Gasteiger partial charge on any atom is -0.369 e. The molecule has 3 aromatic rings. The normalized spacial score (nSPS) is 17.4. The molecule has 3 heterocycles. The fourth-order valence-electron chi connectivity index (χ4n) is 3.35. The molecule has 0 spiro atoms. The second kappa shape index (κ2) is 6.84. The van der Waals surface area contributed by atoms with Crippen LogP contribution in [0, 0.1) is 0 Å². The maximum Gasteiger partial charge on any atom is 0.271 e. The number of carbonyl (C=O) groups is 1. The molecule has 4 rings (SSSR count). The zero-order chi connectivity index (χ0) is 17.1. The molecule has 6 heteroatoms. The van der Waals surface area contributed by atoms with Crippen molar-refractivity contribution in [1.82, 2.24) is 20.3 Å². The van der Waals surface area contributed by atoms with Crippen LogP contribution < -0.4 is 10.2 Å². The summed E-state index contributed by atoms with van der Waals surface area (Å²) < 4.78 is 0. The van der Waals surface area contributed by atoms with Crippen LogP contribution >= 0.6 is 0 Å². The molecule has 25 heavy (non-hydrogen) atoms. The molecule has 1 aliphatic heterocycles. The third-order valence-corrected chi connectivity index (χ3v) is 4.52. The summed E-state index contributed by atoms with van der Waals surface area (Å²) in [7, 11) is 0. The van der Waals surface area contributed by atoms with Crippen molar-refractivity contribution < 1.29 is 4.79 Å². The molecule has 0 saturated carbocycles. The van der Waals surface area contributed by atoms with Gasteiger partial charge in [0.1, 0.15) is 5.69 Å². The number of benzene rings is 1. The minimum atomic E-state index is -0.167. The van der Waals surface area contributed by atoms with Gasteiger partial charge in [-0.3, -0.25) is 14.8 Å². The average molecular weight is 333 g/mol. The molecular weight excluding hydrogens is 314 g/mol. The van der Waals surface area contributed by atoms with Gasteiger partial charge in [-0.1, -0.05) is 18.2 Å². The van der Waals surface area contributed by atoms with Crippen LogP contribution in [0.1, 0.15) is 23.3 Å². The van der Waals surface area contributed by atoms with E-state index in [1.165, 1.54) is 18.1 Å². The van der Waals surface area contributed by atoms with E-state index in [0.29, 0.717) is 5.69 Å². The van der Waals surface area contributed by atoms with Crippen LogP contribution in [0.4, 0.5) is 5.69 Å². The highest BCUT2D eigenvalue weighted by atomic mass is 16.1. The number of carbonyl (C=O) groups excluding carboxylic acids is 1. The Morgan fingerprint density at radius 2 is 2.04 bits per heavy atom. The second-order valence-corrected chi connectivity index (χ2v) is 6.20. The molecule has 1 atom stereocenters. The van der Waals surface area contributed by atoms with E-state index in [0.717, 1.165) is 36.8 Å². The molecule has 1 amide bonds. The van der Waals surface area contributed by atoms with E-state index in [1.54, 1.807) is 6.20 Å². The van der Waals surface area contributed by atoms with Crippen LogP contribution in [0.15, 0.2) is 55.1 Å². The standard InChI is InChI=1S/C19H19N5O/c25-19(17-12-20-9-10-22-17)23-14-4-3-11-24(13-14)18-7-8-21-16-6-2-1-5-15(16)18/h1-2,5-10,12,14H,3-4,11,13H2,(H,23,25). The summed E-state index contributed by atoms with van der Waals surface area (Å²) in [4.78, 5) is 27.1. The molecule has 1 unspecified atom stereocenters. The van der Waals surface area contributed by atoms with E-state index in [9.17, 15) is 4.79 Å². The van der Waals surface area contributed by atoms with Gasteiger partial charge in [-0.2, -0.15) is 0 Å². The SMILES string of the molecule is O=C(NC1CCCN(c2ccnc3ccccc23)C1)c1cnccn1. The molecule has 0 bridgehead atoms. The molecule has 0 aliphatic carbocycles. The Kier molecular flexibility index (Phi) is 4.24. The van der Waals surface area contributed by atoms with E-state index in [2.05, 4.69) is 37.3 Å². The van der Waals surface area contributed by atoms with Crippen LogP contribution in [-0.4, -0.2) is 40.0 Å². The third kappa shape index (κ3) is 3.28. The fraction of sp³-hybridized carbons (Fsp3) is 0.263. The first-order valence-electron chi connectivity index (χ1n) is 8.47. The number of hydrogen-bond donors (Lipinski definition) is 1. The number of nitrogens with one attached hydrogen (secondary N) is 1. The number of amides is 1. The van der Waals surface area contributed by atoms with Crippen molar-refractivity contribution in [1.29, 1.82) is 0 Å². The average Bonchev–Trinajstić information content (AvgIpc) is 2.68. The molecular formula is C19H19N5O. The first-order valence-corrected chi connectivity index (χ1v) is 8.47.